The molecule has 1 aromatic rings. The van der Waals surface area contributed by atoms with Gasteiger partial charge >= 0.3 is 11.1 Å². The van der Waals surface area contributed by atoms with Gasteiger partial charge in [-0.05, 0) is 13.8 Å². The molecule has 1 heterocycles. The Kier molecular flexibility index (Phi) is 6.59. The Hall–Kier alpha value is -0.620. The zero-order valence-electron chi connectivity index (χ0n) is 9.99. The Bertz CT molecular complexity index is 355. The van der Waals surface area contributed by atoms with Crippen LogP contribution in [0.2, 0.25) is 0 Å². The summed E-state index contributed by atoms with van der Waals surface area (Å²) in [4.78, 5) is 13.2. The fourth-order valence-corrected chi connectivity index (χ4v) is 2.24. The molecule has 0 N–H and O–H groups in total. The molecule has 0 radical (unpaired) electrons. The summed E-state index contributed by atoms with van der Waals surface area (Å²) in [6.07, 6.45) is 0. The van der Waals surface area contributed by atoms with Crippen LogP contribution in [0.4, 0.5) is 5.13 Å². The largest absolute Gasteiger partial charge is 1.00 e. The molecule has 0 unspecified atom stereocenters. The van der Waals surface area contributed by atoms with Crippen molar-refractivity contribution in [3.8, 4) is 0 Å². The van der Waals surface area contributed by atoms with E-state index in [1.807, 2.05) is 32.8 Å². The summed E-state index contributed by atoms with van der Waals surface area (Å²) in [6.45, 7) is 4.58. The number of thiazole rings is 1. The van der Waals surface area contributed by atoms with Crippen LogP contribution in [0.3, 0.4) is 0 Å². The molecular weight excluding hydrogens is 292 g/mol. The van der Waals surface area contributed by atoms with E-state index in [4.69, 9.17) is 4.74 Å². The fraction of sp³-hybridized carbons (Fsp3) is 0.600. The molecule has 0 aliphatic rings. The number of likely N-dealkylation sites (N-methyl/N-ethyl adjacent to an activating group) is 1. The topological polar surface area (TPSA) is 33.4 Å². The average Bonchev–Trinajstić information content (AvgIpc) is 2.48. The number of hydrogen-bond acceptors (Lipinski definition) is 4. The normalized spacial score (nSPS) is 9.50. The van der Waals surface area contributed by atoms with Gasteiger partial charge in [-0.2, -0.15) is 0 Å². The summed E-state index contributed by atoms with van der Waals surface area (Å²) >= 11 is 1.63. The first kappa shape index (κ1) is 15.4. The average molecular weight is 309 g/mol. The molecule has 0 amide bonds. The van der Waals surface area contributed by atoms with Gasteiger partial charge in [-0.15, -0.1) is 0 Å². The van der Waals surface area contributed by atoms with E-state index < -0.39 is 0 Å². The molecule has 0 atom stereocenters. The van der Waals surface area contributed by atoms with Crippen molar-refractivity contribution in [1.29, 1.82) is 0 Å². The van der Waals surface area contributed by atoms with Gasteiger partial charge in [0.1, 0.15) is 5.69 Å². The summed E-state index contributed by atoms with van der Waals surface area (Å²) in [7, 11) is 3.88. The molecule has 1 rings (SSSR count). The highest BCUT2D eigenvalue weighted by molar-refractivity contribution is 7.13. The van der Waals surface area contributed by atoms with Crippen LogP contribution in [0.1, 0.15) is 12.6 Å². The third-order valence-electron chi connectivity index (χ3n) is 2.15. The first-order chi connectivity index (χ1) is 7.06. The van der Waals surface area contributed by atoms with Gasteiger partial charge in [0.05, 0.1) is 20.7 Å². The van der Waals surface area contributed by atoms with Crippen LogP contribution < -0.4 is 26.4 Å². The first-order valence-electron chi connectivity index (χ1n) is 4.87. The standard InChI is InChI=1S/C10H17N2O2S.BrH/c1-5-14-9(13)6-11(3)10-12(4)8(2)7-15-10;/h7H,5-6H2,1-4H3;1H/q+1;/p-1. The van der Waals surface area contributed by atoms with E-state index in [2.05, 4.69) is 9.95 Å². The second kappa shape index (κ2) is 6.85. The molecule has 6 heteroatoms. The molecule has 1 aromatic heterocycles. The number of anilines is 1. The highest BCUT2D eigenvalue weighted by Crippen LogP contribution is 2.15. The molecule has 4 nitrogen and oxygen atoms in total. The van der Waals surface area contributed by atoms with Crippen LogP contribution >= 0.6 is 11.3 Å². The maximum atomic E-state index is 11.3. The summed E-state index contributed by atoms with van der Waals surface area (Å²) < 4.78 is 6.95. The van der Waals surface area contributed by atoms with Gasteiger partial charge in [0.15, 0.2) is 6.54 Å². The van der Waals surface area contributed by atoms with Crippen molar-refractivity contribution in [3.05, 3.63) is 11.1 Å². The van der Waals surface area contributed by atoms with E-state index in [1.165, 1.54) is 5.69 Å². The van der Waals surface area contributed by atoms with Crippen LogP contribution in [-0.4, -0.2) is 26.2 Å². The van der Waals surface area contributed by atoms with Crippen LogP contribution in [-0.2, 0) is 16.6 Å². The Morgan fingerprint density at radius 3 is 2.69 bits per heavy atom. The third-order valence-corrected chi connectivity index (χ3v) is 3.40. The number of carbonyl (C=O) groups excluding carboxylic acids is 1. The van der Waals surface area contributed by atoms with E-state index in [1.54, 1.807) is 11.3 Å². The highest BCUT2D eigenvalue weighted by Gasteiger charge is 2.20. The summed E-state index contributed by atoms with van der Waals surface area (Å²) in [6, 6.07) is 0. The van der Waals surface area contributed by atoms with Gasteiger partial charge in [0.25, 0.3) is 0 Å². The van der Waals surface area contributed by atoms with Gasteiger partial charge in [-0.3, -0.25) is 0 Å². The third kappa shape index (κ3) is 3.75. The van der Waals surface area contributed by atoms with Gasteiger partial charge in [-0.1, -0.05) is 11.3 Å². The second-order valence-corrected chi connectivity index (χ2v) is 4.22. The van der Waals surface area contributed by atoms with Crippen molar-refractivity contribution in [2.45, 2.75) is 13.8 Å². The maximum absolute atomic E-state index is 11.3. The number of aromatic nitrogens is 1. The zero-order valence-corrected chi connectivity index (χ0v) is 12.4. The minimum absolute atomic E-state index is 0. The molecule has 0 bridgehead atoms. The van der Waals surface area contributed by atoms with Gasteiger partial charge < -0.3 is 21.7 Å². The summed E-state index contributed by atoms with van der Waals surface area (Å²) in [5, 5.41) is 3.12. The molecular formula is C10H17BrN2O2S. The lowest BCUT2D eigenvalue weighted by Crippen LogP contribution is -3.00. The van der Waals surface area contributed by atoms with Crippen LogP contribution in [0.15, 0.2) is 5.38 Å². The minimum Gasteiger partial charge on any atom is -1.00 e. The van der Waals surface area contributed by atoms with E-state index in [-0.39, 0.29) is 23.0 Å². The Labute approximate surface area is 111 Å². The van der Waals surface area contributed by atoms with Gasteiger partial charge in [0.2, 0.25) is 0 Å². The van der Waals surface area contributed by atoms with E-state index in [0.29, 0.717) is 13.2 Å². The summed E-state index contributed by atoms with van der Waals surface area (Å²) in [5.41, 5.74) is 1.19. The lowest BCUT2D eigenvalue weighted by molar-refractivity contribution is -0.660. The van der Waals surface area contributed by atoms with E-state index >= 15 is 0 Å². The first-order valence-corrected chi connectivity index (χ1v) is 5.75. The van der Waals surface area contributed by atoms with Crippen molar-refractivity contribution >= 4 is 22.4 Å². The predicted molar refractivity (Wildman–Crippen MR) is 60.1 cm³/mol. The van der Waals surface area contributed by atoms with Crippen molar-refractivity contribution in [1.82, 2.24) is 0 Å². The predicted octanol–water partition coefficient (Wildman–Crippen LogP) is -2.12. The Morgan fingerprint density at radius 2 is 2.25 bits per heavy atom. The quantitative estimate of drug-likeness (QED) is 0.471. The monoisotopic (exact) mass is 308 g/mol. The number of rotatable bonds is 4. The Balaban J connectivity index is 0.00000225. The number of halogens is 1. The highest BCUT2D eigenvalue weighted by atomic mass is 79.9. The summed E-state index contributed by atoms with van der Waals surface area (Å²) in [5.74, 6) is -0.189. The molecule has 0 spiro atoms. The SMILES string of the molecule is CCOC(=O)CN(C)c1scc(C)[n+]1C.[Br-]. The lowest BCUT2D eigenvalue weighted by atomic mass is 10.5. The second-order valence-electron chi connectivity index (χ2n) is 3.38. The number of nitrogens with zero attached hydrogens (tertiary/aromatic N) is 2. The Morgan fingerprint density at radius 1 is 1.62 bits per heavy atom. The molecule has 0 saturated carbocycles. The smallest absolute Gasteiger partial charge is 0.348 e. The maximum Gasteiger partial charge on any atom is 0.348 e. The van der Waals surface area contributed by atoms with Crippen LogP contribution in [0.5, 0.6) is 0 Å². The van der Waals surface area contributed by atoms with Crippen molar-refractivity contribution in [2.24, 2.45) is 7.05 Å². The van der Waals surface area contributed by atoms with Crippen molar-refractivity contribution in [3.63, 3.8) is 0 Å². The number of aryl methyl sites for hydroxylation is 1. The number of ether oxygens (including phenoxy) is 1. The molecule has 16 heavy (non-hydrogen) atoms. The van der Waals surface area contributed by atoms with Gasteiger partial charge in [0, 0.05) is 5.38 Å². The molecule has 92 valence electrons. The van der Waals surface area contributed by atoms with Crippen molar-refractivity contribution < 1.29 is 31.1 Å². The van der Waals surface area contributed by atoms with Crippen LogP contribution in [0, 0.1) is 6.92 Å². The fourth-order valence-electron chi connectivity index (χ4n) is 1.26. The molecule has 0 aliphatic heterocycles. The molecule has 0 saturated heterocycles. The molecule has 0 aliphatic carbocycles. The van der Waals surface area contributed by atoms with E-state index in [0.717, 1.165) is 5.13 Å². The molecule has 0 aromatic carbocycles. The number of carbonyl (C=O) groups is 1. The van der Waals surface area contributed by atoms with Gasteiger partial charge in [-0.25, -0.2) is 14.3 Å². The van der Waals surface area contributed by atoms with Crippen molar-refractivity contribution in [2.75, 3.05) is 25.1 Å². The van der Waals surface area contributed by atoms with Crippen LogP contribution in [0.25, 0.3) is 0 Å². The van der Waals surface area contributed by atoms with E-state index in [9.17, 15) is 4.79 Å². The number of hydrogen-bond donors (Lipinski definition) is 0. The lowest BCUT2D eigenvalue weighted by Gasteiger charge is -2.09. The minimum atomic E-state index is -0.189. The number of esters is 1. The zero-order chi connectivity index (χ0) is 11.4. The molecule has 0 fully saturated rings.